The smallest absolute Gasteiger partial charge is 0.146 e. The molecule has 0 amide bonds. The number of hydrogen-bond donors (Lipinski definition) is 1. The summed E-state index contributed by atoms with van der Waals surface area (Å²) < 4.78 is 13.5. The molecule has 0 heterocycles. The molecule has 1 aromatic rings. The van der Waals surface area contributed by atoms with Gasteiger partial charge in [-0.2, -0.15) is 0 Å². The van der Waals surface area contributed by atoms with Crippen molar-refractivity contribution in [3.63, 3.8) is 0 Å². The van der Waals surface area contributed by atoms with Crippen molar-refractivity contribution in [2.24, 2.45) is 11.1 Å². The molecule has 0 saturated carbocycles. The highest BCUT2D eigenvalue weighted by atomic mass is 19.1. The number of para-hydroxylation sites is 1. The summed E-state index contributed by atoms with van der Waals surface area (Å²) in [6.07, 6.45) is 3.31. The van der Waals surface area contributed by atoms with Gasteiger partial charge in [0.2, 0.25) is 0 Å². The third-order valence-corrected chi connectivity index (χ3v) is 3.41. The molecule has 2 N–H and O–H groups in total. The van der Waals surface area contributed by atoms with Crippen LogP contribution < -0.4 is 10.6 Å². The molecule has 3 heteroatoms. The fraction of sp³-hybridized carbons (Fsp3) is 0.600. The molecule has 0 unspecified atom stereocenters. The second-order valence-corrected chi connectivity index (χ2v) is 5.70. The Morgan fingerprint density at radius 2 is 1.89 bits per heavy atom. The Morgan fingerprint density at radius 3 is 2.50 bits per heavy atom. The normalized spacial score (nSPS) is 11.6. The maximum Gasteiger partial charge on any atom is 0.146 e. The van der Waals surface area contributed by atoms with Crippen LogP contribution in [0.5, 0.6) is 0 Å². The van der Waals surface area contributed by atoms with Gasteiger partial charge in [-0.1, -0.05) is 32.4 Å². The molecule has 0 atom stereocenters. The number of benzene rings is 1. The van der Waals surface area contributed by atoms with Crippen molar-refractivity contribution in [3.8, 4) is 0 Å². The topological polar surface area (TPSA) is 29.3 Å². The van der Waals surface area contributed by atoms with E-state index in [1.54, 1.807) is 6.07 Å². The van der Waals surface area contributed by atoms with E-state index in [1.165, 1.54) is 6.07 Å². The van der Waals surface area contributed by atoms with Crippen LogP contribution in [0.25, 0.3) is 0 Å². The van der Waals surface area contributed by atoms with Gasteiger partial charge in [-0.15, -0.1) is 0 Å². The molecule has 102 valence electrons. The summed E-state index contributed by atoms with van der Waals surface area (Å²) in [5.74, 6) is -0.151. The molecule has 0 fully saturated rings. The summed E-state index contributed by atoms with van der Waals surface area (Å²) in [7, 11) is 1.94. The zero-order valence-corrected chi connectivity index (χ0v) is 11.7. The van der Waals surface area contributed by atoms with Gasteiger partial charge in [0.1, 0.15) is 5.82 Å². The standard InChI is InChI=1S/C15H25FN2/c1-15(2,12-17)10-6-7-11-18(3)14-9-5-4-8-13(14)16/h4-5,8-9H,6-7,10-12,17H2,1-3H3. The van der Waals surface area contributed by atoms with Crippen molar-refractivity contribution in [2.75, 3.05) is 25.0 Å². The van der Waals surface area contributed by atoms with Gasteiger partial charge in [0, 0.05) is 13.6 Å². The monoisotopic (exact) mass is 252 g/mol. The predicted molar refractivity (Wildman–Crippen MR) is 76.4 cm³/mol. The molecule has 1 aromatic carbocycles. The lowest BCUT2D eigenvalue weighted by atomic mass is 9.87. The van der Waals surface area contributed by atoms with Crippen molar-refractivity contribution in [3.05, 3.63) is 30.1 Å². The van der Waals surface area contributed by atoms with Gasteiger partial charge in [-0.3, -0.25) is 0 Å². The third-order valence-electron chi connectivity index (χ3n) is 3.41. The minimum Gasteiger partial charge on any atom is -0.372 e. The van der Waals surface area contributed by atoms with Gasteiger partial charge >= 0.3 is 0 Å². The molecule has 0 aliphatic heterocycles. The summed E-state index contributed by atoms with van der Waals surface area (Å²) in [6, 6.07) is 6.91. The molecular formula is C15H25FN2. The zero-order chi connectivity index (χ0) is 13.6. The molecule has 0 spiro atoms. The van der Waals surface area contributed by atoms with E-state index in [0.29, 0.717) is 5.69 Å². The minimum absolute atomic E-state index is 0.151. The first-order valence-corrected chi connectivity index (χ1v) is 6.62. The van der Waals surface area contributed by atoms with Crippen LogP contribution in [0.2, 0.25) is 0 Å². The summed E-state index contributed by atoms with van der Waals surface area (Å²) in [6.45, 7) is 5.97. The third kappa shape index (κ3) is 4.65. The van der Waals surface area contributed by atoms with Crippen molar-refractivity contribution in [1.82, 2.24) is 0 Å². The van der Waals surface area contributed by atoms with Crippen molar-refractivity contribution in [1.29, 1.82) is 0 Å². The molecule has 0 aliphatic carbocycles. The Balaban J connectivity index is 2.34. The molecule has 0 bridgehead atoms. The lowest BCUT2D eigenvalue weighted by molar-refractivity contribution is 0.333. The van der Waals surface area contributed by atoms with Crippen LogP contribution >= 0.6 is 0 Å². The molecule has 18 heavy (non-hydrogen) atoms. The first kappa shape index (κ1) is 15.0. The number of rotatable bonds is 7. The van der Waals surface area contributed by atoms with Crippen LogP contribution in [-0.2, 0) is 0 Å². The van der Waals surface area contributed by atoms with E-state index in [-0.39, 0.29) is 11.2 Å². The van der Waals surface area contributed by atoms with Crippen molar-refractivity contribution in [2.45, 2.75) is 33.1 Å². The summed E-state index contributed by atoms with van der Waals surface area (Å²) >= 11 is 0. The number of hydrogen-bond acceptors (Lipinski definition) is 2. The molecule has 0 aliphatic rings. The fourth-order valence-corrected chi connectivity index (χ4v) is 1.94. The first-order valence-electron chi connectivity index (χ1n) is 6.62. The lowest BCUT2D eigenvalue weighted by Gasteiger charge is -2.24. The van der Waals surface area contributed by atoms with E-state index >= 15 is 0 Å². The number of halogens is 1. The van der Waals surface area contributed by atoms with Crippen molar-refractivity contribution < 1.29 is 4.39 Å². The van der Waals surface area contributed by atoms with Crippen LogP contribution in [0.4, 0.5) is 10.1 Å². The number of anilines is 1. The van der Waals surface area contributed by atoms with Gasteiger partial charge in [-0.05, 0) is 36.9 Å². The number of unbranched alkanes of at least 4 members (excludes halogenated alkanes) is 1. The number of nitrogens with two attached hydrogens (primary N) is 1. The van der Waals surface area contributed by atoms with E-state index in [4.69, 9.17) is 5.73 Å². The van der Waals surface area contributed by atoms with Crippen LogP contribution in [0.1, 0.15) is 33.1 Å². The van der Waals surface area contributed by atoms with Crippen molar-refractivity contribution >= 4 is 5.69 Å². The maximum absolute atomic E-state index is 13.5. The van der Waals surface area contributed by atoms with E-state index in [9.17, 15) is 4.39 Å². The summed E-state index contributed by atoms with van der Waals surface area (Å²) in [5, 5.41) is 0. The first-order chi connectivity index (χ1) is 8.46. The van der Waals surface area contributed by atoms with Gasteiger partial charge in [0.05, 0.1) is 5.69 Å². The van der Waals surface area contributed by atoms with E-state index < -0.39 is 0 Å². The highest BCUT2D eigenvalue weighted by Crippen LogP contribution is 2.22. The Bertz CT molecular complexity index is 363. The largest absolute Gasteiger partial charge is 0.372 e. The molecule has 1 rings (SSSR count). The van der Waals surface area contributed by atoms with Gasteiger partial charge < -0.3 is 10.6 Å². The van der Waals surface area contributed by atoms with E-state index in [1.807, 2.05) is 24.1 Å². The predicted octanol–water partition coefficient (Wildman–Crippen LogP) is 3.42. The second kappa shape index (κ2) is 6.74. The zero-order valence-electron chi connectivity index (χ0n) is 11.7. The molecule has 0 radical (unpaired) electrons. The summed E-state index contributed by atoms with van der Waals surface area (Å²) in [5.41, 5.74) is 6.59. The minimum atomic E-state index is -0.151. The van der Waals surface area contributed by atoms with E-state index in [2.05, 4.69) is 13.8 Å². The van der Waals surface area contributed by atoms with Crippen LogP contribution in [-0.4, -0.2) is 20.1 Å². The Hall–Kier alpha value is -1.09. The number of nitrogens with zero attached hydrogens (tertiary/aromatic N) is 1. The highest BCUT2D eigenvalue weighted by Gasteiger charge is 2.14. The Morgan fingerprint density at radius 1 is 1.22 bits per heavy atom. The molecule has 2 nitrogen and oxygen atoms in total. The van der Waals surface area contributed by atoms with Crippen LogP contribution in [0.3, 0.4) is 0 Å². The lowest BCUT2D eigenvalue weighted by Crippen LogP contribution is -2.24. The van der Waals surface area contributed by atoms with Gasteiger partial charge in [-0.25, -0.2) is 4.39 Å². The second-order valence-electron chi connectivity index (χ2n) is 5.70. The quantitative estimate of drug-likeness (QED) is 0.753. The summed E-state index contributed by atoms with van der Waals surface area (Å²) in [4.78, 5) is 1.98. The van der Waals surface area contributed by atoms with Gasteiger partial charge in [0.25, 0.3) is 0 Å². The van der Waals surface area contributed by atoms with Crippen LogP contribution in [0, 0.1) is 11.2 Å². The van der Waals surface area contributed by atoms with Crippen LogP contribution in [0.15, 0.2) is 24.3 Å². The Labute approximate surface area is 110 Å². The molecule has 0 saturated heterocycles. The Kier molecular flexibility index (Phi) is 5.60. The van der Waals surface area contributed by atoms with E-state index in [0.717, 1.165) is 32.4 Å². The maximum atomic E-state index is 13.5. The SMILES string of the molecule is CN(CCCCC(C)(C)CN)c1ccccc1F. The molecule has 0 aromatic heterocycles. The van der Waals surface area contributed by atoms with Gasteiger partial charge in [0.15, 0.2) is 0 Å². The average Bonchev–Trinajstić information content (AvgIpc) is 2.35. The highest BCUT2D eigenvalue weighted by molar-refractivity contribution is 5.46. The molecular weight excluding hydrogens is 227 g/mol. The average molecular weight is 252 g/mol. The fourth-order valence-electron chi connectivity index (χ4n) is 1.94.